The fourth-order valence-corrected chi connectivity index (χ4v) is 6.50. The minimum absolute atomic E-state index is 0.00895. The summed E-state index contributed by atoms with van der Waals surface area (Å²) in [5.41, 5.74) is 0.768. The molecule has 1 atom stereocenters. The Labute approximate surface area is 272 Å². The molecule has 2 amide bonds. The van der Waals surface area contributed by atoms with Crippen molar-refractivity contribution in [3.8, 4) is 5.75 Å². The van der Waals surface area contributed by atoms with Crippen LogP contribution in [-0.2, 0) is 32.6 Å². The van der Waals surface area contributed by atoms with Crippen molar-refractivity contribution in [3.05, 3.63) is 98.0 Å². The van der Waals surface area contributed by atoms with Gasteiger partial charge in [-0.25, -0.2) is 8.42 Å². The monoisotopic (exact) mass is 676 g/mol. The second-order valence-corrected chi connectivity index (χ2v) is 13.6. The molecule has 0 saturated heterocycles. The third kappa shape index (κ3) is 8.86. The molecule has 0 spiro atoms. The molecule has 1 aliphatic carbocycles. The van der Waals surface area contributed by atoms with E-state index in [9.17, 15) is 28.1 Å². The highest BCUT2D eigenvalue weighted by molar-refractivity contribution is 7.92. The summed E-state index contributed by atoms with van der Waals surface area (Å²) in [6.45, 7) is -0.866. The van der Waals surface area contributed by atoms with Crippen molar-refractivity contribution in [1.82, 2.24) is 10.2 Å². The second kappa shape index (κ2) is 14.9. The van der Waals surface area contributed by atoms with E-state index in [2.05, 4.69) is 5.32 Å². The van der Waals surface area contributed by atoms with Crippen LogP contribution in [0.4, 0.5) is 11.4 Å². The third-order valence-corrected chi connectivity index (χ3v) is 9.50. The summed E-state index contributed by atoms with van der Waals surface area (Å²) in [5, 5.41) is 15.2. The molecule has 45 heavy (non-hydrogen) atoms. The van der Waals surface area contributed by atoms with Crippen LogP contribution in [0.25, 0.3) is 0 Å². The number of anilines is 1. The zero-order chi connectivity index (χ0) is 32.7. The number of carbonyl (C=O) groups is 2. The first-order valence-electron chi connectivity index (χ1n) is 14.2. The first kappa shape index (κ1) is 34.0. The van der Waals surface area contributed by atoms with Gasteiger partial charge >= 0.3 is 0 Å². The van der Waals surface area contributed by atoms with Crippen molar-refractivity contribution in [3.63, 3.8) is 0 Å². The Hall–Kier alpha value is -3.87. The van der Waals surface area contributed by atoms with Crippen molar-refractivity contribution in [1.29, 1.82) is 0 Å². The van der Waals surface area contributed by atoms with E-state index in [0.717, 1.165) is 47.9 Å². The number of ether oxygens (including phenoxy) is 1. The van der Waals surface area contributed by atoms with Crippen molar-refractivity contribution >= 4 is 56.4 Å². The molecule has 0 heterocycles. The zero-order valence-corrected chi connectivity index (χ0v) is 27.1. The van der Waals surface area contributed by atoms with Crippen LogP contribution in [-0.4, -0.2) is 62.0 Å². The van der Waals surface area contributed by atoms with E-state index in [0.29, 0.717) is 10.6 Å². The number of nitrogens with zero attached hydrogens (tertiary/aromatic N) is 3. The first-order chi connectivity index (χ1) is 21.4. The van der Waals surface area contributed by atoms with Gasteiger partial charge in [0.1, 0.15) is 24.0 Å². The number of nitro groups is 1. The minimum Gasteiger partial charge on any atom is -0.495 e. The molecule has 0 unspecified atom stereocenters. The number of benzene rings is 3. The van der Waals surface area contributed by atoms with Gasteiger partial charge in [0.15, 0.2) is 0 Å². The predicted molar refractivity (Wildman–Crippen MR) is 173 cm³/mol. The van der Waals surface area contributed by atoms with E-state index in [4.69, 9.17) is 27.9 Å². The van der Waals surface area contributed by atoms with Gasteiger partial charge in [0.05, 0.1) is 28.3 Å². The fourth-order valence-electron chi connectivity index (χ4n) is 5.34. The number of rotatable bonds is 13. The number of methoxy groups -OCH3 is 1. The number of halogens is 2. The van der Waals surface area contributed by atoms with Crippen molar-refractivity contribution < 1.29 is 27.7 Å². The van der Waals surface area contributed by atoms with E-state index in [1.165, 1.54) is 24.1 Å². The maximum Gasteiger partial charge on any atom is 0.271 e. The lowest BCUT2D eigenvalue weighted by atomic mass is 10.0. The molecule has 11 nitrogen and oxygen atoms in total. The highest BCUT2D eigenvalue weighted by Gasteiger charge is 2.35. The lowest BCUT2D eigenvalue weighted by Crippen LogP contribution is -2.54. The van der Waals surface area contributed by atoms with Gasteiger partial charge in [-0.1, -0.05) is 72.4 Å². The molecule has 4 rings (SSSR count). The lowest BCUT2D eigenvalue weighted by molar-refractivity contribution is -0.384. The minimum atomic E-state index is -4.19. The van der Waals surface area contributed by atoms with Crippen molar-refractivity contribution in [2.45, 2.75) is 50.7 Å². The van der Waals surface area contributed by atoms with E-state index in [1.54, 1.807) is 18.2 Å². The molecule has 3 aromatic carbocycles. The Morgan fingerprint density at radius 3 is 2.31 bits per heavy atom. The number of amides is 2. The van der Waals surface area contributed by atoms with E-state index < -0.39 is 39.1 Å². The molecule has 0 aromatic heterocycles. The number of hydrogen-bond acceptors (Lipinski definition) is 7. The van der Waals surface area contributed by atoms with Crippen LogP contribution in [0.15, 0.2) is 66.7 Å². The maximum atomic E-state index is 14.3. The smallest absolute Gasteiger partial charge is 0.271 e. The normalized spacial score (nSPS) is 14.0. The summed E-state index contributed by atoms with van der Waals surface area (Å²) in [7, 11) is -2.90. The topological polar surface area (TPSA) is 139 Å². The van der Waals surface area contributed by atoms with Gasteiger partial charge in [-0.15, -0.1) is 0 Å². The molecule has 1 aliphatic rings. The Bertz CT molecular complexity index is 1650. The summed E-state index contributed by atoms with van der Waals surface area (Å²) in [6, 6.07) is 16.4. The van der Waals surface area contributed by atoms with Crippen LogP contribution >= 0.6 is 23.2 Å². The van der Waals surface area contributed by atoms with E-state index >= 15 is 0 Å². The standard InChI is InChI=1S/C31H34Cl2N4O7S/c1-44-29-15-13-24(37(40)41)18-27(29)36(45(2,42)43)20-30(38)35(19-22-12-14-25(32)26(33)16-22)28(17-21-8-4-3-5-9-21)31(39)34-23-10-6-7-11-23/h3-5,8-9,12-16,18,23,28H,6-7,10-11,17,19-20H2,1-2H3,(H,34,39)/t28-/m1/s1. The van der Waals surface area contributed by atoms with E-state index in [-0.39, 0.29) is 41.4 Å². The molecule has 3 aromatic rings. The maximum absolute atomic E-state index is 14.3. The van der Waals surface area contributed by atoms with Crippen molar-refractivity contribution in [2.75, 3.05) is 24.2 Å². The zero-order valence-electron chi connectivity index (χ0n) is 24.8. The summed E-state index contributed by atoms with van der Waals surface area (Å²) in [5.74, 6) is -1.09. The number of nitro benzene ring substituents is 1. The summed E-state index contributed by atoms with van der Waals surface area (Å²) >= 11 is 12.4. The molecule has 1 N–H and O–H groups in total. The van der Waals surface area contributed by atoms with Gasteiger partial charge < -0.3 is 15.0 Å². The number of sulfonamides is 1. The fraction of sp³-hybridized carbons (Fsp3) is 0.355. The first-order valence-corrected chi connectivity index (χ1v) is 16.9. The van der Waals surface area contributed by atoms with Crippen LogP contribution in [0, 0.1) is 10.1 Å². The Kier molecular flexibility index (Phi) is 11.3. The summed E-state index contributed by atoms with van der Waals surface area (Å²) < 4.78 is 32.3. The van der Waals surface area contributed by atoms with Crippen LogP contribution in [0.1, 0.15) is 36.8 Å². The Morgan fingerprint density at radius 1 is 1.02 bits per heavy atom. The SMILES string of the molecule is COc1ccc([N+](=O)[O-])cc1N(CC(=O)N(Cc1ccc(Cl)c(Cl)c1)[C@H](Cc1ccccc1)C(=O)NC1CCCC1)S(C)(=O)=O. The molecular weight excluding hydrogens is 643 g/mol. The molecule has 0 bridgehead atoms. The van der Waals surface area contributed by atoms with Crippen LogP contribution < -0.4 is 14.4 Å². The molecular formula is C31H34Cl2N4O7S. The van der Waals surface area contributed by atoms with Crippen molar-refractivity contribution in [2.24, 2.45) is 0 Å². The molecule has 1 fully saturated rings. The molecule has 0 aliphatic heterocycles. The molecule has 14 heteroatoms. The Balaban J connectivity index is 1.79. The number of hydrogen-bond donors (Lipinski definition) is 1. The third-order valence-electron chi connectivity index (χ3n) is 7.63. The van der Waals surface area contributed by atoms with Crippen LogP contribution in [0.5, 0.6) is 5.75 Å². The van der Waals surface area contributed by atoms with Gasteiger partial charge in [0.25, 0.3) is 5.69 Å². The van der Waals surface area contributed by atoms with Crippen LogP contribution in [0.3, 0.4) is 0 Å². The number of non-ortho nitro benzene ring substituents is 1. The highest BCUT2D eigenvalue weighted by atomic mass is 35.5. The highest BCUT2D eigenvalue weighted by Crippen LogP contribution is 2.34. The molecule has 1 saturated carbocycles. The Morgan fingerprint density at radius 2 is 1.71 bits per heavy atom. The largest absolute Gasteiger partial charge is 0.495 e. The predicted octanol–water partition coefficient (Wildman–Crippen LogP) is 5.38. The summed E-state index contributed by atoms with van der Waals surface area (Å²) in [4.78, 5) is 40.5. The quantitative estimate of drug-likeness (QED) is 0.190. The van der Waals surface area contributed by atoms with Gasteiger partial charge in [-0.3, -0.25) is 24.0 Å². The number of nitrogens with one attached hydrogen (secondary N) is 1. The van der Waals surface area contributed by atoms with Crippen LogP contribution in [0.2, 0.25) is 10.0 Å². The van der Waals surface area contributed by atoms with Gasteiger partial charge in [0.2, 0.25) is 21.8 Å². The van der Waals surface area contributed by atoms with Gasteiger partial charge in [0, 0.05) is 31.1 Å². The second-order valence-electron chi connectivity index (χ2n) is 10.8. The molecule has 0 radical (unpaired) electrons. The summed E-state index contributed by atoms with van der Waals surface area (Å²) in [6.07, 6.45) is 4.63. The van der Waals surface area contributed by atoms with Gasteiger partial charge in [-0.05, 0) is 42.2 Å². The van der Waals surface area contributed by atoms with E-state index in [1.807, 2.05) is 30.3 Å². The lowest BCUT2D eigenvalue weighted by Gasteiger charge is -2.34. The number of carbonyl (C=O) groups excluding carboxylic acids is 2. The average molecular weight is 678 g/mol. The molecule has 240 valence electrons. The van der Waals surface area contributed by atoms with Gasteiger partial charge in [-0.2, -0.15) is 0 Å². The average Bonchev–Trinajstić information content (AvgIpc) is 3.52.